The number of amides is 1. The largest absolute Gasteiger partial charge is 0.321 e. The Kier molecular flexibility index (Phi) is 4.48. The lowest BCUT2D eigenvalue weighted by Gasteiger charge is -2.08. The maximum Gasteiger partial charge on any atom is 0.266 e. The van der Waals surface area contributed by atoms with Gasteiger partial charge in [-0.15, -0.1) is 22.7 Å². The van der Waals surface area contributed by atoms with Crippen molar-refractivity contribution in [3.63, 3.8) is 0 Å². The number of thiophene rings is 1. The van der Waals surface area contributed by atoms with Crippen LogP contribution >= 0.6 is 22.7 Å². The monoisotopic (exact) mass is 424 g/mol. The highest BCUT2D eigenvalue weighted by molar-refractivity contribution is 7.20. The molecule has 0 saturated carbocycles. The minimum absolute atomic E-state index is 0.0127. The van der Waals surface area contributed by atoms with Gasteiger partial charge in [0.05, 0.1) is 25.5 Å². The number of anilines is 1. The Hall–Kier alpha value is -2.58. The van der Waals surface area contributed by atoms with Crippen LogP contribution in [0.1, 0.15) is 45.3 Å². The average Bonchev–Trinajstić information content (AvgIpc) is 3.11. The van der Waals surface area contributed by atoms with E-state index in [0.717, 1.165) is 52.4 Å². The van der Waals surface area contributed by atoms with Gasteiger partial charge in [-0.1, -0.05) is 6.42 Å². The smallest absolute Gasteiger partial charge is 0.266 e. The van der Waals surface area contributed by atoms with E-state index in [9.17, 15) is 9.59 Å². The van der Waals surface area contributed by atoms with Crippen LogP contribution in [-0.4, -0.2) is 20.4 Å². The molecule has 0 aliphatic carbocycles. The Morgan fingerprint density at radius 2 is 2.00 bits per heavy atom. The lowest BCUT2D eigenvalue weighted by molar-refractivity contribution is 0.103. The first-order valence-electron chi connectivity index (χ1n) is 9.72. The molecule has 4 aromatic rings. The molecule has 6 nitrogen and oxygen atoms in total. The van der Waals surface area contributed by atoms with E-state index in [0.29, 0.717) is 27.2 Å². The molecule has 5 rings (SSSR count). The highest BCUT2D eigenvalue weighted by atomic mass is 32.1. The Morgan fingerprint density at radius 1 is 1.14 bits per heavy atom. The second kappa shape index (κ2) is 7.03. The number of hydrogen-bond donors (Lipinski definition) is 1. The molecule has 0 atom stereocenters. The zero-order chi connectivity index (χ0) is 20.1. The minimum atomic E-state index is -0.203. The van der Waals surface area contributed by atoms with Gasteiger partial charge in [-0.05, 0) is 50.5 Å². The molecule has 1 N–H and O–H groups in total. The highest BCUT2D eigenvalue weighted by Gasteiger charge is 2.22. The van der Waals surface area contributed by atoms with Crippen LogP contribution in [0.5, 0.6) is 0 Å². The molecule has 29 heavy (non-hydrogen) atoms. The van der Waals surface area contributed by atoms with Gasteiger partial charge in [0.1, 0.15) is 10.7 Å². The average molecular weight is 425 g/mol. The van der Waals surface area contributed by atoms with Gasteiger partial charge in [0.2, 0.25) is 0 Å². The predicted octanol–water partition coefficient (Wildman–Crippen LogP) is 4.66. The van der Waals surface area contributed by atoms with Crippen LogP contribution in [0, 0.1) is 13.8 Å². The fourth-order valence-electron chi connectivity index (χ4n) is 3.93. The third-order valence-corrected chi connectivity index (χ3v) is 7.49. The third-order valence-electron chi connectivity index (χ3n) is 5.37. The van der Waals surface area contributed by atoms with E-state index in [1.807, 2.05) is 32.0 Å². The number of nitrogens with zero attached hydrogens (tertiary/aromatic N) is 3. The quantitative estimate of drug-likeness (QED) is 0.508. The van der Waals surface area contributed by atoms with Gasteiger partial charge in [0, 0.05) is 18.7 Å². The van der Waals surface area contributed by atoms with E-state index in [4.69, 9.17) is 4.98 Å². The van der Waals surface area contributed by atoms with Gasteiger partial charge in [-0.3, -0.25) is 14.2 Å². The molecule has 1 aliphatic heterocycles. The first-order valence-corrected chi connectivity index (χ1v) is 11.4. The summed E-state index contributed by atoms with van der Waals surface area (Å²) in [4.78, 5) is 36.5. The normalized spacial score (nSPS) is 14.1. The molecule has 1 aliphatic rings. The van der Waals surface area contributed by atoms with Crippen molar-refractivity contribution in [1.29, 1.82) is 0 Å². The number of benzene rings is 1. The van der Waals surface area contributed by atoms with Crippen molar-refractivity contribution in [3.05, 3.63) is 49.8 Å². The van der Waals surface area contributed by atoms with Crippen molar-refractivity contribution in [2.24, 2.45) is 0 Å². The van der Waals surface area contributed by atoms with Crippen LogP contribution in [0.4, 0.5) is 5.69 Å². The number of carbonyl (C=O) groups is 1. The molecule has 1 aromatic carbocycles. The molecule has 0 bridgehead atoms. The number of fused-ring (bicyclic) bond motifs is 3. The summed E-state index contributed by atoms with van der Waals surface area (Å²) in [5, 5.41) is 4.55. The van der Waals surface area contributed by atoms with Gasteiger partial charge in [0.15, 0.2) is 0 Å². The fourth-order valence-corrected chi connectivity index (χ4v) is 5.88. The molecular formula is C21H20N4O2S2. The Balaban J connectivity index is 1.53. The molecular weight excluding hydrogens is 404 g/mol. The Labute approximate surface area is 175 Å². The number of hydrogen-bond acceptors (Lipinski definition) is 6. The zero-order valence-electron chi connectivity index (χ0n) is 16.2. The van der Waals surface area contributed by atoms with Crippen molar-refractivity contribution in [3.8, 4) is 0 Å². The van der Waals surface area contributed by atoms with Crippen LogP contribution < -0.4 is 10.9 Å². The van der Waals surface area contributed by atoms with Crippen LogP contribution in [0.3, 0.4) is 0 Å². The maximum absolute atomic E-state index is 13.1. The Bertz CT molecular complexity index is 1330. The molecule has 4 heterocycles. The van der Waals surface area contributed by atoms with E-state index < -0.39 is 0 Å². The van der Waals surface area contributed by atoms with Crippen molar-refractivity contribution in [1.82, 2.24) is 14.5 Å². The topological polar surface area (TPSA) is 76.9 Å². The number of aryl methyl sites for hydroxylation is 3. The van der Waals surface area contributed by atoms with E-state index in [1.54, 1.807) is 15.9 Å². The summed E-state index contributed by atoms with van der Waals surface area (Å²) in [5.41, 5.74) is 2.36. The third kappa shape index (κ3) is 3.16. The van der Waals surface area contributed by atoms with Gasteiger partial charge in [-0.2, -0.15) is 0 Å². The highest BCUT2D eigenvalue weighted by Crippen LogP contribution is 2.30. The second-order valence-electron chi connectivity index (χ2n) is 7.40. The summed E-state index contributed by atoms with van der Waals surface area (Å²) in [6.45, 7) is 4.52. The number of thiazole rings is 1. The zero-order valence-corrected chi connectivity index (χ0v) is 17.9. The first-order chi connectivity index (χ1) is 14.0. The van der Waals surface area contributed by atoms with Crippen LogP contribution in [0.2, 0.25) is 0 Å². The van der Waals surface area contributed by atoms with Crippen molar-refractivity contribution in [2.75, 3.05) is 5.32 Å². The lowest BCUT2D eigenvalue weighted by atomic mass is 10.2. The summed E-state index contributed by atoms with van der Waals surface area (Å²) in [6, 6.07) is 5.71. The van der Waals surface area contributed by atoms with E-state index >= 15 is 0 Å². The van der Waals surface area contributed by atoms with E-state index in [-0.39, 0.29) is 11.5 Å². The predicted molar refractivity (Wildman–Crippen MR) is 118 cm³/mol. The number of aromatic nitrogens is 3. The SMILES string of the molecule is Cc1nc2ccc(NC(=O)c3sc4nc5n(c(=O)c4c3C)CCCCC5)cc2s1. The molecule has 0 unspecified atom stereocenters. The molecule has 0 radical (unpaired) electrons. The minimum Gasteiger partial charge on any atom is -0.321 e. The van der Waals surface area contributed by atoms with Gasteiger partial charge >= 0.3 is 0 Å². The van der Waals surface area contributed by atoms with E-state index in [2.05, 4.69) is 10.3 Å². The maximum atomic E-state index is 13.1. The van der Waals surface area contributed by atoms with Crippen LogP contribution in [0.15, 0.2) is 23.0 Å². The Morgan fingerprint density at radius 3 is 2.86 bits per heavy atom. The van der Waals surface area contributed by atoms with Gasteiger partial charge < -0.3 is 5.32 Å². The van der Waals surface area contributed by atoms with Gasteiger partial charge in [-0.25, -0.2) is 9.97 Å². The molecule has 148 valence electrons. The standard InChI is InChI=1S/C21H20N4O2S2/c1-11-17-20(24-16-6-4-3-5-9-25(16)21(17)27)29-18(11)19(26)23-13-7-8-14-15(10-13)28-12(2)22-14/h7-8,10H,3-6,9H2,1-2H3,(H,23,26). The van der Waals surface area contributed by atoms with Crippen LogP contribution in [0.25, 0.3) is 20.4 Å². The van der Waals surface area contributed by atoms with E-state index in [1.165, 1.54) is 11.3 Å². The summed E-state index contributed by atoms with van der Waals surface area (Å²) in [5.74, 6) is 0.643. The summed E-state index contributed by atoms with van der Waals surface area (Å²) in [7, 11) is 0. The molecule has 1 amide bonds. The first kappa shape index (κ1) is 18.4. The number of nitrogens with one attached hydrogen (secondary N) is 1. The van der Waals surface area contributed by atoms with Crippen LogP contribution in [-0.2, 0) is 13.0 Å². The summed E-state index contributed by atoms with van der Waals surface area (Å²) >= 11 is 2.91. The number of rotatable bonds is 2. The summed E-state index contributed by atoms with van der Waals surface area (Å²) < 4.78 is 2.84. The van der Waals surface area contributed by atoms with Crippen molar-refractivity contribution < 1.29 is 4.79 Å². The molecule has 0 fully saturated rings. The molecule has 8 heteroatoms. The van der Waals surface area contributed by atoms with Crippen molar-refractivity contribution in [2.45, 2.75) is 46.1 Å². The summed E-state index contributed by atoms with van der Waals surface area (Å²) in [6.07, 6.45) is 3.98. The van der Waals surface area contributed by atoms with Gasteiger partial charge in [0.25, 0.3) is 11.5 Å². The molecule has 0 saturated heterocycles. The second-order valence-corrected chi connectivity index (χ2v) is 9.64. The molecule has 3 aromatic heterocycles. The van der Waals surface area contributed by atoms with Crippen molar-refractivity contribution >= 4 is 54.7 Å². The fraction of sp³-hybridized carbons (Fsp3) is 0.333. The molecule has 0 spiro atoms. The number of carbonyl (C=O) groups excluding carboxylic acids is 1. The lowest BCUT2D eigenvalue weighted by Crippen LogP contribution is -2.24.